The van der Waals surface area contributed by atoms with E-state index in [4.69, 9.17) is 0 Å². The van der Waals surface area contributed by atoms with Crippen LogP contribution in [0.1, 0.15) is 58.8 Å². The predicted octanol–water partition coefficient (Wildman–Crippen LogP) is 5.49. The van der Waals surface area contributed by atoms with E-state index in [-0.39, 0.29) is 0 Å². The zero-order valence-electron chi connectivity index (χ0n) is 11.8. The molecule has 18 heavy (non-hydrogen) atoms. The van der Waals surface area contributed by atoms with Gasteiger partial charge in [0.25, 0.3) is 0 Å². The molecule has 0 aromatic rings. The first-order chi connectivity index (χ1) is 8.85. The van der Waals surface area contributed by atoms with Crippen molar-refractivity contribution >= 4 is 0 Å². The van der Waals surface area contributed by atoms with Crippen LogP contribution in [0.15, 0.2) is 42.1 Å². The maximum atomic E-state index is 2.42. The zero-order chi connectivity index (χ0) is 12.8. The molecule has 0 fully saturated rings. The van der Waals surface area contributed by atoms with E-state index < -0.39 is 22.9 Å². The van der Waals surface area contributed by atoms with Gasteiger partial charge in [0.05, 0.1) is 0 Å². The molecule has 2 rings (SSSR count). The molecule has 1 heteroatoms. The Hall–Kier alpha value is -0.170. The Morgan fingerprint density at radius 2 is 1.50 bits per heavy atom. The summed E-state index contributed by atoms with van der Waals surface area (Å²) < 4.78 is 3.76. The van der Waals surface area contributed by atoms with Crippen molar-refractivity contribution < 1.29 is 22.9 Å². The van der Waals surface area contributed by atoms with Crippen LogP contribution in [0.25, 0.3) is 0 Å². The van der Waals surface area contributed by atoms with Gasteiger partial charge < -0.3 is 0 Å². The Morgan fingerprint density at radius 1 is 0.889 bits per heavy atom. The molecule has 0 N–H and O–H groups in total. The molecule has 0 amide bonds. The summed E-state index contributed by atoms with van der Waals surface area (Å²) in [4.78, 5) is 0. The Labute approximate surface area is 123 Å². The van der Waals surface area contributed by atoms with Crippen LogP contribution in [0.3, 0.4) is 0 Å². The van der Waals surface area contributed by atoms with E-state index in [0.29, 0.717) is 0 Å². The van der Waals surface area contributed by atoms with Crippen molar-refractivity contribution in [1.29, 1.82) is 0 Å². The van der Waals surface area contributed by atoms with Crippen molar-refractivity contribution in [3.05, 3.63) is 42.1 Å². The number of hydrogen-bond acceptors (Lipinski definition) is 0. The van der Waals surface area contributed by atoms with Gasteiger partial charge in [-0.1, -0.05) is 0 Å². The van der Waals surface area contributed by atoms with Gasteiger partial charge >= 0.3 is 124 Å². The predicted molar refractivity (Wildman–Crippen MR) is 76.0 cm³/mol. The van der Waals surface area contributed by atoms with E-state index in [1.807, 2.05) is 6.66 Å². The topological polar surface area (TPSA) is 0 Å². The molecule has 96 valence electrons. The standard InChI is InChI=1S/C9H13.C8H11.Hf/c1-2-3-6-9-7-4-5-8-9;1-2-5-8-6-3-4-7-8;/h4,7H,2-3,5-6H2,1H3;3,6H,2,4-5H2,1H3;. The molecular weight excluding hydrogens is 383 g/mol. The van der Waals surface area contributed by atoms with Crippen molar-refractivity contribution in [3.8, 4) is 0 Å². The van der Waals surface area contributed by atoms with Crippen LogP contribution in [-0.2, 0) is 22.9 Å². The normalized spacial score (nSPS) is 18.3. The minimum atomic E-state index is -0.695. The molecule has 0 aliphatic heterocycles. The van der Waals surface area contributed by atoms with Crippen molar-refractivity contribution in [1.82, 2.24) is 0 Å². The minimum absolute atomic E-state index is 0.695. The van der Waals surface area contributed by atoms with E-state index >= 15 is 0 Å². The third-order valence-corrected chi connectivity index (χ3v) is 9.62. The molecule has 0 atom stereocenters. The summed E-state index contributed by atoms with van der Waals surface area (Å²) in [6.07, 6.45) is 18.8. The van der Waals surface area contributed by atoms with Crippen LogP contribution in [-0.4, -0.2) is 0 Å². The molecule has 0 radical (unpaired) electrons. The quantitative estimate of drug-likeness (QED) is 0.490. The van der Waals surface area contributed by atoms with Crippen LogP contribution >= 0.6 is 0 Å². The fourth-order valence-corrected chi connectivity index (χ4v) is 8.19. The van der Waals surface area contributed by atoms with Crippen molar-refractivity contribution in [2.24, 2.45) is 0 Å². The summed E-state index contributed by atoms with van der Waals surface area (Å²) >= 11 is -0.695. The van der Waals surface area contributed by atoms with E-state index in [9.17, 15) is 0 Å². The zero-order valence-corrected chi connectivity index (χ0v) is 15.4. The number of rotatable bonds is 7. The van der Waals surface area contributed by atoms with E-state index in [0.717, 1.165) is 0 Å². The molecule has 0 saturated carbocycles. The average Bonchev–Trinajstić information content (AvgIpc) is 2.98. The fraction of sp³-hybridized carbons (Fsp3) is 0.529. The summed E-state index contributed by atoms with van der Waals surface area (Å²) in [6.45, 7) is 4.59. The average molecular weight is 407 g/mol. The second kappa shape index (κ2) is 7.43. The van der Waals surface area contributed by atoms with Crippen LogP contribution < -0.4 is 0 Å². The van der Waals surface area contributed by atoms with Crippen molar-refractivity contribution in [2.75, 3.05) is 0 Å². The van der Waals surface area contributed by atoms with Crippen molar-refractivity contribution in [2.45, 2.75) is 58.8 Å². The molecule has 0 unspecified atom stereocenters. The molecule has 0 spiro atoms. The number of allylic oxidation sites excluding steroid dienone is 8. The van der Waals surface area contributed by atoms with Gasteiger partial charge in [-0.3, -0.25) is 0 Å². The first-order valence-electron chi connectivity index (χ1n) is 7.39. The van der Waals surface area contributed by atoms with Crippen LogP contribution in [0.2, 0.25) is 0 Å². The molecule has 2 aliphatic carbocycles. The van der Waals surface area contributed by atoms with E-state index in [1.165, 1.54) is 44.9 Å². The second-order valence-electron chi connectivity index (χ2n) is 5.20. The van der Waals surface area contributed by atoms with Crippen LogP contribution in [0, 0.1) is 0 Å². The summed E-state index contributed by atoms with van der Waals surface area (Å²) in [7, 11) is 0. The van der Waals surface area contributed by atoms with Gasteiger partial charge in [0.1, 0.15) is 0 Å². The van der Waals surface area contributed by atoms with Crippen molar-refractivity contribution in [3.63, 3.8) is 0 Å². The Kier molecular flexibility index (Phi) is 5.88. The van der Waals surface area contributed by atoms with Crippen LogP contribution in [0.4, 0.5) is 0 Å². The van der Waals surface area contributed by atoms with Gasteiger partial charge in [-0.05, 0) is 0 Å². The number of unbranched alkanes of at least 4 members (excludes halogenated alkanes) is 1. The number of hydrogen-bond donors (Lipinski definition) is 0. The van der Waals surface area contributed by atoms with Gasteiger partial charge in [0.2, 0.25) is 0 Å². The Morgan fingerprint density at radius 3 is 2.06 bits per heavy atom. The van der Waals surface area contributed by atoms with Crippen LogP contribution in [0.5, 0.6) is 0 Å². The Balaban J connectivity index is 2.02. The first kappa shape index (κ1) is 14.2. The summed E-state index contributed by atoms with van der Waals surface area (Å²) in [5.74, 6) is 0. The van der Waals surface area contributed by atoms with E-state index in [2.05, 4.69) is 38.2 Å². The summed E-state index contributed by atoms with van der Waals surface area (Å²) in [5, 5.41) is 0. The molecule has 0 aromatic heterocycles. The third kappa shape index (κ3) is 3.66. The van der Waals surface area contributed by atoms with Gasteiger partial charge in [-0.15, -0.1) is 0 Å². The molecular formula is C17H24Hf. The van der Waals surface area contributed by atoms with Gasteiger partial charge in [-0.2, -0.15) is 0 Å². The SMILES string of the molecule is CCCCC1=[C]([Hf][C]2=C(CCC)C=CC2)CC=C1. The monoisotopic (exact) mass is 408 g/mol. The first-order valence-corrected chi connectivity index (χ1v) is 11.0. The van der Waals surface area contributed by atoms with Gasteiger partial charge in [0.15, 0.2) is 0 Å². The maximum absolute atomic E-state index is 2.42. The van der Waals surface area contributed by atoms with Gasteiger partial charge in [0, 0.05) is 0 Å². The fourth-order valence-electron chi connectivity index (χ4n) is 2.65. The molecule has 0 nitrogen and oxygen atoms in total. The van der Waals surface area contributed by atoms with Gasteiger partial charge in [-0.25, -0.2) is 0 Å². The summed E-state index contributed by atoms with van der Waals surface area (Å²) in [6, 6.07) is 0. The Bertz CT molecular complexity index is 407. The molecule has 0 aromatic carbocycles. The molecule has 2 aliphatic rings. The van der Waals surface area contributed by atoms with E-state index in [1.54, 1.807) is 11.1 Å². The molecule has 0 heterocycles. The molecule has 0 bridgehead atoms. The summed E-state index contributed by atoms with van der Waals surface area (Å²) in [5.41, 5.74) is 3.42. The third-order valence-electron chi connectivity index (χ3n) is 3.68. The molecule has 0 saturated heterocycles. The second-order valence-corrected chi connectivity index (χ2v) is 10.4.